The summed E-state index contributed by atoms with van der Waals surface area (Å²) < 4.78 is 5.04. The largest absolute Gasteiger partial charge is 0.497 e. The fourth-order valence-electron chi connectivity index (χ4n) is 1.39. The van der Waals surface area contributed by atoms with E-state index in [1.54, 1.807) is 14.0 Å². The molecule has 1 rings (SSSR count). The van der Waals surface area contributed by atoms with E-state index < -0.39 is 11.8 Å². The van der Waals surface area contributed by atoms with Crippen molar-refractivity contribution in [2.45, 2.75) is 19.9 Å². The average Bonchev–Trinajstić information content (AvgIpc) is 2.36. The Kier molecular flexibility index (Phi) is 5.17. The molecular formula is C13H18N2O3. The Balaban J connectivity index is 2.40. The molecule has 0 saturated heterocycles. The Labute approximate surface area is 106 Å². The van der Waals surface area contributed by atoms with E-state index in [0.29, 0.717) is 6.54 Å². The Bertz CT molecular complexity index is 415. The Morgan fingerprint density at radius 2 is 1.94 bits per heavy atom. The van der Waals surface area contributed by atoms with Crippen LogP contribution in [0, 0.1) is 5.92 Å². The first kappa shape index (κ1) is 14.0. The van der Waals surface area contributed by atoms with Gasteiger partial charge in [0.1, 0.15) is 5.75 Å². The maximum absolute atomic E-state index is 11.5. The lowest BCUT2D eigenvalue weighted by Crippen LogP contribution is -2.29. The molecule has 0 fully saturated rings. The molecule has 0 aliphatic rings. The zero-order chi connectivity index (χ0) is 13.5. The number of methoxy groups -OCH3 is 1. The van der Waals surface area contributed by atoms with Crippen LogP contribution in [0.15, 0.2) is 24.3 Å². The number of nitrogens with two attached hydrogens (primary N) is 1. The molecule has 0 aliphatic carbocycles. The summed E-state index contributed by atoms with van der Waals surface area (Å²) in [5, 5.41) is 2.73. The number of amides is 2. The Morgan fingerprint density at radius 3 is 2.44 bits per heavy atom. The number of rotatable bonds is 6. The highest BCUT2D eigenvalue weighted by Crippen LogP contribution is 2.11. The lowest BCUT2D eigenvalue weighted by atomic mass is 10.1. The summed E-state index contributed by atoms with van der Waals surface area (Å²) in [6.45, 7) is 2.06. The van der Waals surface area contributed by atoms with Crippen LogP contribution in [0.25, 0.3) is 0 Å². The topological polar surface area (TPSA) is 81.4 Å². The third-order valence-corrected chi connectivity index (χ3v) is 2.63. The van der Waals surface area contributed by atoms with Gasteiger partial charge in [0, 0.05) is 18.9 Å². The predicted octanol–water partition coefficient (Wildman–Crippen LogP) is 0.823. The quantitative estimate of drug-likeness (QED) is 0.784. The van der Waals surface area contributed by atoms with Crippen molar-refractivity contribution in [3.8, 4) is 5.75 Å². The van der Waals surface area contributed by atoms with E-state index in [-0.39, 0.29) is 12.3 Å². The normalized spacial score (nSPS) is 11.7. The second-order valence-corrected chi connectivity index (χ2v) is 4.13. The molecule has 1 aromatic carbocycles. The van der Waals surface area contributed by atoms with E-state index in [4.69, 9.17) is 10.5 Å². The van der Waals surface area contributed by atoms with E-state index in [2.05, 4.69) is 5.32 Å². The highest BCUT2D eigenvalue weighted by atomic mass is 16.5. The van der Waals surface area contributed by atoms with Crippen molar-refractivity contribution >= 4 is 11.8 Å². The lowest BCUT2D eigenvalue weighted by Gasteiger charge is -2.08. The first-order valence-electron chi connectivity index (χ1n) is 5.72. The number of primary amides is 1. The van der Waals surface area contributed by atoms with Crippen molar-refractivity contribution < 1.29 is 14.3 Å². The van der Waals surface area contributed by atoms with Crippen molar-refractivity contribution in [1.29, 1.82) is 0 Å². The minimum absolute atomic E-state index is 0.117. The number of carbonyl (C=O) groups is 2. The second-order valence-electron chi connectivity index (χ2n) is 4.13. The van der Waals surface area contributed by atoms with Crippen LogP contribution in [-0.4, -0.2) is 18.9 Å². The van der Waals surface area contributed by atoms with Gasteiger partial charge in [-0.15, -0.1) is 0 Å². The number of benzene rings is 1. The molecule has 98 valence electrons. The number of ether oxygens (including phenoxy) is 1. The van der Waals surface area contributed by atoms with E-state index in [1.807, 2.05) is 24.3 Å². The molecule has 18 heavy (non-hydrogen) atoms. The summed E-state index contributed by atoms with van der Waals surface area (Å²) in [6.07, 6.45) is 0.117. The van der Waals surface area contributed by atoms with Crippen molar-refractivity contribution in [3.63, 3.8) is 0 Å². The lowest BCUT2D eigenvalue weighted by molar-refractivity contribution is -0.128. The van der Waals surface area contributed by atoms with Gasteiger partial charge in [0.15, 0.2) is 0 Å². The van der Waals surface area contributed by atoms with E-state index in [0.717, 1.165) is 11.3 Å². The van der Waals surface area contributed by atoms with Crippen LogP contribution in [0.5, 0.6) is 5.75 Å². The number of carbonyl (C=O) groups excluding carboxylic acids is 2. The van der Waals surface area contributed by atoms with Crippen LogP contribution in [0.3, 0.4) is 0 Å². The standard InChI is InChI=1S/C13H18N2O3/c1-9(13(14)17)7-12(16)15-8-10-3-5-11(18-2)6-4-10/h3-6,9H,7-8H2,1-2H3,(H2,14,17)(H,15,16). The van der Waals surface area contributed by atoms with Gasteiger partial charge < -0.3 is 15.8 Å². The van der Waals surface area contributed by atoms with Crippen molar-refractivity contribution in [2.75, 3.05) is 7.11 Å². The van der Waals surface area contributed by atoms with Gasteiger partial charge in [-0.2, -0.15) is 0 Å². The highest BCUT2D eigenvalue weighted by Gasteiger charge is 2.13. The molecule has 1 atom stereocenters. The summed E-state index contributed by atoms with van der Waals surface area (Å²) in [7, 11) is 1.60. The van der Waals surface area contributed by atoms with Crippen LogP contribution < -0.4 is 15.8 Å². The molecular weight excluding hydrogens is 232 g/mol. The molecule has 0 aliphatic heterocycles. The van der Waals surface area contributed by atoms with Gasteiger partial charge in [0.05, 0.1) is 7.11 Å². The van der Waals surface area contributed by atoms with Gasteiger partial charge in [-0.3, -0.25) is 9.59 Å². The smallest absolute Gasteiger partial charge is 0.221 e. The molecule has 0 aromatic heterocycles. The number of hydrogen-bond acceptors (Lipinski definition) is 3. The first-order valence-corrected chi connectivity index (χ1v) is 5.72. The molecule has 0 bridgehead atoms. The molecule has 0 saturated carbocycles. The number of hydrogen-bond donors (Lipinski definition) is 2. The van der Waals surface area contributed by atoms with Crippen molar-refractivity contribution in [2.24, 2.45) is 11.7 Å². The van der Waals surface area contributed by atoms with Gasteiger partial charge in [-0.05, 0) is 17.7 Å². The molecule has 2 amide bonds. The minimum atomic E-state index is -0.463. The zero-order valence-corrected chi connectivity index (χ0v) is 10.6. The molecule has 5 heteroatoms. The molecule has 0 spiro atoms. The van der Waals surface area contributed by atoms with Crippen LogP contribution in [0.1, 0.15) is 18.9 Å². The van der Waals surface area contributed by atoms with Crippen LogP contribution in [0.2, 0.25) is 0 Å². The number of nitrogens with one attached hydrogen (secondary N) is 1. The molecule has 0 heterocycles. The molecule has 1 unspecified atom stereocenters. The zero-order valence-electron chi connectivity index (χ0n) is 10.6. The summed E-state index contributed by atoms with van der Waals surface area (Å²) in [4.78, 5) is 22.3. The fraction of sp³-hybridized carbons (Fsp3) is 0.385. The maximum Gasteiger partial charge on any atom is 0.221 e. The van der Waals surface area contributed by atoms with E-state index in [1.165, 1.54) is 0 Å². The summed E-state index contributed by atoms with van der Waals surface area (Å²) in [6, 6.07) is 7.40. The van der Waals surface area contributed by atoms with E-state index in [9.17, 15) is 9.59 Å². The van der Waals surface area contributed by atoms with Gasteiger partial charge >= 0.3 is 0 Å². The molecule has 0 radical (unpaired) electrons. The Hall–Kier alpha value is -2.04. The second kappa shape index (κ2) is 6.64. The van der Waals surface area contributed by atoms with Gasteiger partial charge in [0.2, 0.25) is 11.8 Å². The third kappa shape index (κ3) is 4.45. The summed E-state index contributed by atoms with van der Waals surface area (Å²) in [5.74, 6) is -0.319. The maximum atomic E-state index is 11.5. The highest BCUT2D eigenvalue weighted by molar-refractivity contribution is 5.84. The monoisotopic (exact) mass is 250 g/mol. The van der Waals surface area contributed by atoms with Gasteiger partial charge in [-0.1, -0.05) is 19.1 Å². The fourth-order valence-corrected chi connectivity index (χ4v) is 1.39. The Morgan fingerprint density at radius 1 is 1.33 bits per heavy atom. The van der Waals surface area contributed by atoms with E-state index >= 15 is 0 Å². The van der Waals surface area contributed by atoms with Gasteiger partial charge in [-0.25, -0.2) is 0 Å². The predicted molar refractivity (Wildman–Crippen MR) is 67.8 cm³/mol. The molecule has 1 aromatic rings. The van der Waals surface area contributed by atoms with Crippen molar-refractivity contribution in [1.82, 2.24) is 5.32 Å². The summed E-state index contributed by atoms with van der Waals surface area (Å²) >= 11 is 0. The SMILES string of the molecule is COc1ccc(CNC(=O)CC(C)C(N)=O)cc1. The van der Waals surface area contributed by atoms with Crippen LogP contribution in [-0.2, 0) is 16.1 Å². The first-order chi connectivity index (χ1) is 8.52. The summed E-state index contributed by atoms with van der Waals surface area (Å²) in [5.41, 5.74) is 6.06. The minimum Gasteiger partial charge on any atom is -0.497 e. The van der Waals surface area contributed by atoms with Crippen molar-refractivity contribution in [3.05, 3.63) is 29.8 Å². The van der Waals surface area contributed by atoms with Crippen LogP contribution in [0.4, 0.5) is 0 Å². The third-order valence-electron chi connectivity index (χ3n) is 2.63. The van der Waals surface area contributed by atoms with Crippen LogP contribution >= 0.6 is 0 Å². The molecule has 5 nitrogen and oxygen atoms in total. The average molecular weight is 250 g/mol. The molecule has 3 N–H and O–H groups in total. The van der Waals surface area contributed by atoms with Gasteiger partial charge in [0.25, 0.3) is 0 Å².